The SMILES string of the molecule is CN(c1ccccc1)c1nc(N(C(=O)OC(C)(C)C)c2ccccc2)ccc1[N+](=O)[O-]. The van der Waals surface area contributed by atoms with E-state index < -0.39 is 16.6 Å². The van der Waals surface area contributed by atoms with E-state index in [2.05, 4.69) is 4.98 Å². The molecular formula is C23H24N4O4. The lowest BCUT2D eigenvalue weighted by Gasteiger charge is -2.27. The molecule has 1 aromatic heterocycles. The van der Waals surface area contributed by atoms with Gasteiger partial charge in [-0.3, -0.25) is 10.1 Å². The zero-order chi connectivity index (χ0) is 22.6. The van der Waals surface area contributed by atoms with Crippen molar-refractivity contribution in [1.29, 1.82) is 0 Å². The molecule has 0 aliphatic carbocycles. The number of hydrogen-bond acceptors (Lipinski definition) is 6. The largest absolute Gasteiger partial charge is 0.443 e. The van der Waals surface area contributed by atoms with Crippen LogP contribution in [0.15, 0.2) is 72.8 Å². The van der Waals surface area contributed by atoms with E-state index in [-0.39, 0.29) is 17.3 Å². The minimum absolute atomic E-state index is 0.109. The van der Waals surface area contributed by atoms with Gasteiger partial charge in [0.05, 0.1) is 10.6 Å². The normalized spacial score (nSPS) is 11.0. The number of nitrogens with zero attached hydrogens (tertiary/aromatic N) is 4. The maximum absolute atomic E-state index is 13.0. The van der Waals surface area contributed by atoms with Gasteiger partial charge in [-0.2, -0.15) is 0 Å². The Labute approximate surface area is 180 Å². The van der Waals surface area contributed by atoms with E-state index >= 15 is 0 Å². The van der Waals surface area contributed by atoms with Crippen molar-refractivity contribution < 1.29 is 14.5 Å². The standard InChI is InChI=1S/C23H24N4O4/c1-23(2,3)31-22(28)26(18-13-9-6-10-14-18)20-16-15-19(27(29)30)21(24-20)25(4)17-11-7-5-8-12-17/h5-16H,1-4H3. The van der Waals surface area contributed by atoms with Crippen molar-refractivity contribution in [2.75, 3.05) is 16.8 Å². The van der Waals surface area contributed by atoms with Gasteiger partial charge in [-0.15, -0.1) is 0 Å². The third kappa shape index (κ3) is 5.16. The number of carbonyl (C=O) groups excluding carboxylic acids is 1. The number of rotatable bonds is 5. The quantitative estimate of drug-likeness (QED) is 0.381. The van der Waals surface area contributed by atoms with Crippen molar-refractivity contribution >= 4 is 34.8 Å². The van der Waals surface area contributed by atoms with Crippen LogP contribution in [0.4, 0.5) is 33.5 Å². The summed E-state index contributed by atoms with van der Waals surface area (Å²) in [5, 5.41) is 11.7. The number of benzene rings is 2. The maximum Gasteiger partial charge on any atom is 0.420 e. The molecule has 160 valence electrons. The van der Waals surface area contributed by atoms with E-state index in [4.69, 9.17) is 4.74 Å². The van der Waals surface area contributed by atoms with Gasteiger partial charge in [-0.05, 0) is 51.1 Å². The van der Waals surface area contributed by atoms with Crippen molar-refractivity contribution in [3.63, 3.8) is 0 Å². The monoisotopic (exact) mass is 420 g/mol. The molecule has 3 rings (SSSR count). The average Bonchev–Trinajstić information content (AvgIpc) is 2.73. The first-order valence-electron chi connectivity index (χ1n) is 9.70. The fraction of sp³-hybridized carbons (Fsp3) is 0.217. The summed E-state index contributed by atoms with van der Waals surface area (Å²) in [6, 6.07) is 20.8. The van der Waals surface area contributed by atoms with Gasteiger partial charge in [0.25, 0.3) is 0 Å². The minimum Gasteiger partial charge on any atom is -0.443 e. The smallest absolute Gasteiger partial charge is 0.420 e. The van der Waals surface area contributed by atoms with Crippen LogP contribution in [0.1, 0.15) is 20.8 Å². The number of pyridine rings is 1. The first kappa shape index (κ1) is 21.8. The highest BCUT2D eigenvalue weighted by molar-refractivity contribution is 5.95. The molecule has 0 aliphatic heterocycles. The van der Waals surface area contributed by atoms with Gasteiger partial charge in [-0.25, -0.2) is 14.7 Å². The lowest BCUT2D eigenvalue weighted by Crippen LogP contribution is -2.34. The number of aromatic nitrogens is 1. The molecule has 0 aliphatic rings. The van der Waals surface area contributed by atoms with Crippen LogP contribution in [-0.2, 0) is 4.74 Å². The van der Waals surface area contributed by atoms with Crippen molar-refractivity contribution in [3.8, 4) is 0 Å². The van der Waals surface area contributed by atoms with Crippen LogP contribution in [0.3, 0.4) is 0 Å². The van der Waals surface area contributed by atoms with Crippen molar-refractivity contribution in [2.45, 2.75) is 26.4 Å². The second-order valence-electron chi connectivity index (χ2n) is 7.82. The summed E-state index contributed by atoms with van der Waals surface area (Å²) in [4.78, 5) is 31.6. The molecule has 0 N–H and O–H groups in total. The van der Waals surface area contributed by atoms with Crippen LogP contribution in [0.2, 0.25) is 0 Å². The molecule has 0 spiro atoms. The number of carbonyl (C=O) groups is 1. The van der Waals surface area contributed by atoms with E-state index in [1.54, 1.807) is 57.0 Å². The van der Waals surface area contributed by atoms with E-state index in [1.807, 2.05) is 36.4 Å². The van der Waals surface area contributed by atoms with Crippen LogP contribution in [0.25, 0.3) is 0 Å². The highest BCUT2D eigenvalue weighted by Crippen LogP contribution is 2.35. The van der Waals surface area contributed by atoms with Gasteiger partial charge in [0, 0.05) is 18.8 Å². The number of nitro groups is 1. The topological polar surface area (TPSA) is 88.8 Å². The van der Waals surface area contributed by atoms with Crippen LogP contribution in [-0.4, -0.2) is 28.6 Å². The highest BCUT2D eigenvalue weighted by atomic mass is 16.6. The van der Waals surface area contributed by atoms with Crippen LogP contribution < -0.4 is 9.80 Å². The van der Waals surface area contributed by atoms with Gasteiger partial charge in [0.15, 0.2) is 0 Å². The number of amides is 1. The van der Waals surface area contributed by atoms with E-state index in [0.717, 1.165) is 5.69 Å². The summed E-state index contributed by atoms with van der Waals surface area (Å²) in [6.07, 6.45) is -0.631. The predicted molar refractivity (Wildman–Crippen MR) is 120 cm³/mol. The Morgan fingerprint density at radius 3 is 2.00 bits per heavy atom. The maximum atomic E-state index is 13.0. The summed E-state index contributed by atoms with van der Waals surface area (Å²) < 4.78 is 5.57. The summed E-state index contributed by atoms with van der Waals surface area (Å²) in [5.74, 6) is 0.321. The number of ether oxygens (including phenoxy) is 1. The van der Waals surface area contributed by atoms with E-state index in [1.165, 1.54) is 17.0 Å². The second kappa shape index (κ2) is 8.83. The Bertz CT molecular complexity index is 1070. The zero-order valence-corrected chi connectivity index (χ0v) is 17.9. The molecule has 0 saturated carbocycles. The van der Waals surface area contributed by atoms with E-state index in [9.17, 15) is 14.9 Å². The molecular weight excluding hydrogens is 396 g/mol. The molecule has 3 aromatic rings. The number of hydrogen-bond donors (Lipinski definition) is 0. The van der Waals surface area contributed by atoms with Crippen LogP contribution >= 0.6 is 0 Å². The molecule has 8 nitrogen and oxygen atoms in total. The molecule has 0 saturated heterocycles. The average molecular weight is 420 g/mol. The van der Waals surface area contributed by atoms with E-state index in [0.29, 0.717) is 5.69 Å². The zero-order valence-electron chi connectivity index (χ0n) is 17.9. The minimum atomic E-state index is -0.728. The van der Waals surface area contributed by atoms with Gasteiger partial charge < -0.3 is 9.64 Å². The Hall–Kier alpha value is -3.94. The lowest BCUT2D eigenvalue weighted by atomic mass is 10.2. The summed E-state index contributed by atoms with van der Waals surface area (Å²) in [6.45, 7) is 5.31. The first-order valence-corrected chi connectivity index (χ1v) is 9.70. The molecule has 0 bridgehead atoms. The number of para-hydroxylation sites is 2. The summed E-state index contributed by atoms with van der Waals surface area (Å²) in [7, 11) is 1.69. The molecule has 31 heavy (non-hydrogen) atoms. The molecule has 0 fully saturated rings. The van der Waals surface area contributed by atoms with Crippen molar-refractivity contribution in [1.82, 2.24) is 4.98 Å². The molecule has 2 aromatic carbocycles. The van der Waals surface area contributed by atoms with Gasteiger partial charge in [0.1, 0.15) is 11.4 Å². The molecule has 8 heteroatoms. The van der Waals surface area contributed by atoms with Gasteiger partial charge in [0.2, 0.25) is 5.82 Å². The molecule has 0 unspecified atom stereocenters. The third-order valence-electron chi connectivity index (χ3n) is 4.32. The molecule has 0 radical (unpaired) electrons. The summed E-state index contributed by atoms with van der Waals surface area (Å²) in [5.41, 5.74) is 0.353. The second-order valence-corrected chi connectivity index (χ2v) is 7.82. The van der Waals surface area contributed by atoms with Gasteiger partial charge >= 0.3 is 11.8 Å². The first-order chi connectivity index (χ1) is 14.7. The lowest BCUT2D eigenvalue weighted by molar-refractivity contribution is -0.384. The van der Waals surface area contributed by atoms with Gasteiger partial charge in [-0.1, -0.05) is 36.4 Å². The highest BCUT2D eigenvalue weighted by Gasteiger charge is 2.29. The fourth-order valence-electron chi connectivity index (χ4n) is 2.93. The number of anilines is 4. The molecule has 1 heterocycles. The third-order valence-corrected chi connectivity index (χ3v) is 4.32. The Kier molecular flexibility index (Phi) is 6.20. The van der Waals surface area contributed by atoms with Crippen LogP contribution in [0, 0.1) is 10.1 Å². The fourth-order valence-corrected chi connectivity index (χ4v) is 2.93. The van der Waals surface area contributed by atoms with Crippen LogP contribution in [0.5, 0.6) is 0 Å². The Morgan fingerprint density at radius 2 is 1.48 bits per heavy atom. The molecule has 0 atom stereocenters. The van der Waals surface area contributed by atoms with Crippen molar-refractivity contribution in [2.24, 2.45) is 0 Å². The van der Waals surface area contributed by atoms with Crippen molar-refractivity contribution in [3.05, 3.63) is 82.9 Å². The Balaban J connectivity index is 2.13. The molecule has 1 amide bonds. The summed E-state index contributed by atoms with van der Waals surface area (Å²) >= 11 is 0. The Morgan fingerprint density at radius 1 is 0.935 bits per heavy atom. The predicted octanol–water partition coefficient (Wildman–Crippen LogP) is 5.83.